The maximum atomic E-state index is 6.00. The molecule has 3 nitrogen and oxygen atoms in total. The van der Waals surface area contributed by atoms with Crippen LogP contribution in [-0.2, 0) is 0 Å². The van der Waals surface area contributed by atoms with Gasteiger partial charge >= 0.3 is 0 Å². The summed E-state index contributed by atoms with van der Waals surface area (Å²) in [7, 11) is 0. The molecule has 2 atom stereocenters. The normalized spacial score (nSPS) is 19.8. The van der Waals surface area contributed by atoms with Gasteiger partial charge < -0.3 is 4.74 Å². The Labute approximate surface area is 108 Å². The molecule has 0 saturated heterocycles. The zero-order valence-corrected chi connectivity index (χ0v) is 10.8. The van der Waals surface area contributed by atoms with Crippen molar-refractivity contribution in [3.05, 3.63) is 39.8 Å². The van der Waals surface area contributed by atoms with Crippen molar-refractivity contribution in [2.75, 3.05) is 6.61 Å². The summed E-state index contributed by atoms with van der Waals surface area (Å²) < 4.78 is 5.64. The molecule has 1 aromatic heterocycles. The molecule has 0 aliphatic carbocycles. The van der Waals surface area contributed by atoms with Crippen LogP contribution in [0, 0.1) is 0 Å². The maximum absolute atomic E-state index is 6.00. The van der Waals surface area contributed by atoms with E-state index in [2.05, 4.69) is 16.3 Å². The highest BCUT2D eigenvalue weighted by atomic mass is 35.5. The number of fused-ring (bicyclic) bond motifs is 1. The minimum atomic E-state index is -0.0844. The first-order valence-electron chi connectivity index (χ1n) is 5.45. The number of aromatic nitrogens is 2. The highest BCUT2D eigenvalue weighted by Gasteiger charge is 2.28. The van der Waals surface area contributed by atoms with Crippen molar-refractivity contribution >= 4 is 22.9 Å². The predicted octanol–water partition coefficient (Wildman–Crippen LogP) is 3.36. The summed E-state index contributed by atoms with van der Waals surface area (Å²) in [4.78, 5) is 0. The van der Waals surface area contributed by atoms with Crippen molar-refractivity contribution < 1.29 is 4.74 Å². The van der Waals surface area contributed by atoms with Gasteiger partial charge in [-0.2, -0.15) is 0 Å². The number of hydrogen-bond donors (Lipinski definition) is 0. The predicted molar refractivity (Wildman–Crippen MR) is 68.0 cm³/mol. The summed E-state index contributed by atoms with van der Waals surface area (Å²) in [6, 6.07) is 8.07. The van der Waals surface area contributed by atoms with Gasteiger partial charge in [-0.05, 0) is 13.0 Å². The van der Waals surface area contributed by atoms with Gasteiger partial charge in [-0.15, -0.1) is 21.8 Å². The first-order valence-corrected chi connectivity index (χ1v) is 6.70. The van der Waals surface area contributed by atoms with Gasteiger partial charge in [-0.1, -0.05) is 29.5 Å². The molecule has 0 saturated carbocycles. The molecule has 3 rings (SSSR count). The largest absolute Gasteiger partial charge is 0.492 e. The average molecular weight is 267 g/mol. The molecule has 2 heterocycles. The Morgan fingerprint density at radius 2 is 2.24 bits per heavy atom. The summed E-state index contributed by atoms with van der Waals surface area (Å²) in [6.45, 7) is 2.55. The molecule has 88 valence electrons. The van der Waals surface area contributed by atoms with E-state index in [4.69, 9.17) is 16.3 Å². The van der Waals surface area contributed by atoms with Crippen LogP contribution in [0.15, 0.2) is 24.3 Å². The number of para-hydroxylation sites is 1. The monoisotopic (exact) mass is 266 g/mol. The topological polar surface area (TPSA) is 35.0 Å². The van der Waals surface area contributed by atoms with Gasteiger partial charge in [0.05, 0.1) is 11.3 Å². The molecular weight excluding hydrogens is 256 g/mol. The molecular formula is C12H11ClN2OS. The van der Waals surface area contributed by atoms with E-state index < -0.39 is 0 Å². The minimum Gasteiger partial charge on any atom is -0.492 e. The molecule has 1 aliphatic rings. The summed E-state index contributed by atoms with van der Waals surface area (Å²) in [5.41, 5.74) is 1.19. The molecule has 1 aliphatic heterocycles. The standard InChI is InChI=1S/C12H11ClN2OS/c1-7(13)11-14-15-12(17-11)9-6-16-10-5-3-2-4-8(9)10/h2-5,7,9H,6H2,1H3. The lowest BCUT2D eigenvalue weighted by Crippen LogP contribution is -2.01. The SMILES string of the molecule is CC(Cl)c1nnc(C2COc3ccccc32)s1. The van der Waals surface area contributed by atoms with Crippen molar-refractivity contribution in [1.29, 1.82) is 0 Å². The Morgan fingerprint density at radius 1 is 1.41 bits per heavy atom. The van der Waals surface area contributed by atoms with E-state index in [1.807, 2.05) is 25.1 Å². The fourth-order valence-electron chi connectivity index (χ4n) is 1.92. The van der Waals surface area contributed by atoms with Gasteiger partial charge in [0.1, 0.15) is 22.4 Å². The van der Waals surface area contributed by atoms with Crippen molar-refractivity contribution in [3.8, 4) is 5.75 Å². The van der Waals surface area contributed by atoms with Crippen LogP contribution in [0.4, 0.5) is 0 Å². The van der Waals surface area contributed by atoms with E-state index in [0.29, 0.717) is 6.61 Å². The third-order valence-electron chi connectivity index (χ3n) is 2.79. The van der Waals surface area contributed by atoms with Crippen LogP contribution in [-0.4, -0.2) is 16.8 Å². The quantitative estimate of drug-likeness (QED) is 0.782. The van der Waals surface area contributed by atoms with Gasteiger partial charge in [0, 0.05) is 5.56 Å². The van der Waals surface area contributed by atoms with E-state index in [1.54, 1.807) is 11.3 Å². The van der Waals surface area contributed by atoms with Crippen molar-refractivity contribution in [2.24, 2.45) is 0 Å². The first-order chi connectivity index (χ1) is 8.25. The Hall–Kier alpha value is -1.13. The Balaban J connectivity index is 1.95. The van der Waals surface area contributed by atoms with Crippen LogP contribution in [0.2, 0.25) is 0 Å². The van der Waals surface area contributed by atoms with E-state index in [0.717, 1.165) is 15.8 Å². The zero-order chi connectivity index (χ0) is 11.8. The van der Waals surface area contributed by atoms with Gasteiger partial charge in [-0.25, -0.2) is 0 Å². The molecule has 5 heteroatoms. The molecule has 0 amide bonds. The molecule has 2 unspecified atom stereocenters. The molecule has 0 radical (unpaired) electrons. The number of ether oxygens (including phenoxy) is 1. The fourth-order valence-corrected chi connectivity index (χ4v) is 2.97. The van der Waals surface area contributed by atoms with E-state index in [-0.39, 0.29) is 11.3 Å². The van der Waals surface area contributed by atoms with Crippen molar-refractivity contribution in [1.82, 2.24) is 10.2 Å². The second kappa shape index (κ2) is 4.27. The minimum absolute atomic E-state index is 0.0844. The Kier molecular flexibility index (Phi) is 2.76. The molecule has 2 aromatic rings. The zero-order valence-electron chi connectivity index (χ0n) is 9.26. The van der Waals surface area contributed by atoms with E-state index >= 15 is 0 Å². The number of alkyl halides is 1. The van der Waals surface area contributed by atoms with Crippen LogP contribution in [0.5, 0.6) is 5.75 Å². The molecule has 0 spiro atoms. The highest BCUT2D eigenvalue weighted by Crippen LogP contribution is 2.39. The number of halogens is 1. The number of nitrogens with zero attached hydrogens (tertiary/aromatic N) is 2. The summed E-state index contributed by atoms with van der Waals surface area (Å²) in [5.74, 6) is 1.15. The van der Waals surface area contributed by atoms with E-state index in [9.17, 15) is 0 Å². The molecule has 0 fully saturated rings. The van der Waals surface area contributed by atoms with Crippen LogP contribution in [0.25, 0.3) is 0 Å². The number of rotatable bonds is 2. The van der Waals surface area contributed by atoms with Gasteiger partial charge in [0.25, 0.3) is 0 Å². The molecule has 1 aromatic carbocycles. The van der Waals surface area contributed by atoms with Gasteiger partial charge in [0.15, 0.2) is 0 Å². The Bertz CT molecular complexity index is 541. The summed E-state index contributed by atoms with van der Waals surface area (Å²) >= 11 is 7.57. The summed E-state index contributed by atoms with van der Waals surface area (Å²) in [6.07, 6.45) is 0. The van der Waals surface area contributed by atoms with Gasteiger partial charge in [-0.3, -0.25) is 0 Å². The second-order valence-electron chi connectivity index (χ2n) is 4.00. The van der Waals surface area contributed by atoms with Crippen LogP contribution in [0.3, 0.4) is 0 Å². The van der Waals surface area contributed by atoms with Crippen molar-refractivity contribution in [2.45, 2.75) is 18.2 Å². The fraction of sp³-hybridized carbons (Fsp3) is 0.333. The Morgan fingerprint density at radius 3 is 3.00 bits per heavy atom. The van der Waals surface area contributed by atoms with Crippen LogP contribution in [0.1, 0.15) is 33.8 Å². The number of benzene rings is 1. The molecule has 0 bridgehead atoms. The lowest BCUT2D eigenvalue weighted by Gasteiger charge is -2.02. The number of hydrogen-bond acceptors (Lipinski definition) is 4. The molecule has 0 N–H and O–H groups in total. The summed E-state index contributed by atoms with van der Waals surface area (Å²) in [5, 5.41) is 10.1. The van der Waals surface area contributed by atoms with Crippen LogP contribution >= 0.6 is 22.9 Å². The highest BCUT2D eigenvalue weighted by molar-refractivity contribution is 7.11. The van der Waals surface area contributed by atoms with E-state index in [1.165, 1.54) is 5.56 Å². The van der Waals surface area contributed by atoms with Crippen molar-refractivity contribution in [3.63, 3.8) is 0 Å². The second-order valence-corrected chi connectivity index (χ2v) is 5.69. The third-order valence-corrected chi connectivity index (χ3v) is 4.35. The molecule has 17 heavy (non-hydrogen) atoms. The van der Waals surface area contributed by atoms with Crippen LogP contribution < -0.4 is 4.74 Å². The smallest absolute Gasteiger partial charge is 0.135 e. The van der Waals surface area contributed by atoms with Gasteiger partial charge in [0.2, 0.25) is 0 Å². The maximum Gasteiger partial charge on any atom is 0.135 e. The first kappa shape index (κ1) is 11.0. The average Bonchev–Trinajstić information content (AvgIpc) is 2.95. The third kappa shape index (κ3) is 1.91. The lowest BCUT2D eigenvalue weighted by molar-refractivity contribution is 0.342. The lowest BCUT2D eigenvalue weighted by atomic mass is 10.0.